The molecule has 3 rings (SSSR count). The smallest absolute Gasteiger partial charge is 0.248 e. The number of nitrogens with zero attached hydrogens (tertiary/aromatic N) is 1. The largest absolute Gasteiger partial charge is 0.367 e. The van der Waals surface area contributed by atoms with Crippen LogP contribution in [-0.2, 0) is 20.9 Å². The Morgan fingerprint density at radius 2 is 1.91 bits per heavy atom. The van der Waals surface area contributed by atoms with Crippen LogP contribution in [-0.4, -0.2) is 41.9 Å². The molecule has 2 aliphatic heterocycles. The summed E-state index contributed by atoms with van der Waals surface area (Å²) in [7, 11) is 0. The van der Waals surface area contributed by atoms with Gasteiger partial charge in [-0.25, -0.2) is 0 Å². The molecule has 2 fully saturated rings. The van der Waals surface area contributed by atoms with E-state index in [0.29, 0.717) is 26.1 Å². The normalized spacial score (nSPS) is 20.2. The number of ether oxygens (including phenoxy) is 1. The predicted octanol–water partition coefficient (Wildman–Crippen LogP) is 1.47. The van der Waals surface area contributed by atoms with Crippen LogP contribution < -0.4 is 5.32 Å². The van der Waals surface area contributed by atoms with Crippen molar-refractivity contribution in [3.63, 3.8) is 0 Å². The van der Waals surface area contributed by atoms with Crippen LogP contribution in [0.25, 0.3) is 0 Å². The van der Waals surface area contributed by atoms with Crippen molar-refractivity contribution in [3.8, 4) is 0 Å². The maximum absolute atomic E-state index is 12.2. The van der Waals surface area contributed by atoms with Gasteiger partial charge in [-0.1, -0.05) is 30.3 Å². The van der Waals surface area contributed by atoms with Crippen molar-refractivity contribution in [2.75, 3.05) is 19.7 Å². The highest BCUT2D eigenvalue weighted by Crippen LogP contribution is 2.31. The highest BCUT2D eigenvalue weighted by molar-refractivity contribution is 5.80. The molecule has 1 N–H and O–H groups in total. The number of carbonyl (C=O) groups is 2. The van der Waals surface area contributed by atoms with E-state index in [2.05, 4.69) is 5.32 Å². The second-order valence-corrected chi connectivity index (χ2v) is 6.19. The Morgan fingerprint density at radius 3 is 2.55 bits per heavy atom. The molecular formula is C17H22N2O3. The topological polar surface area (TPSA) is 58.6 Å². The molecule has 0 radical (unpaired) electrons. The van der Waals surface area contributed by atoms with E-state index in [0.717, 1.165) is 24.8 Å². The lowest BCUT2D eigenvalue weighted by Gasteiger charge is -2.39. The van der Waals surface area contributed by atoms with Gasteiger partial charge in [-0.05, 0) is 24.8 Å². The first-order chi connectivity index (χ1) is 10.7. The van der Waals surface area contributed by atoms with Crippen LogP contribution in [0, 0.1) is 0 Å². The van der Waals surface area contributed by atoms with Crippen molar-refractivity contribution in [3.05, 3.63) is 35.9 Å². The summed E-state index contributed by atoms with van der Waals surface area (Å²) in [4.78, 5) is 25.4. The Balaban J connectivity index is 1.41. The third kappa shape index (κ3) is 3.47. The number of hydrogen-bond acceptors (Lipinski definition) is 3. The molecule has 0 aliphatic carbocycles. The van der Waals surface area contributed by atoms with Crippen LogP contribution in [0.5, 0.6) is 0 Å². The molecular weight excluding hydrogens is 280 g/mol. The van der Waals surface area contributed by atoms with Gasteiger partial charge in [-0.2, -0.15) is 0 Å². The number of likely N-dealkylation sites (tertiary alicyclic amines) is 1. The van der Waals surface area contributed by atoms with Crippen molar-refractivity contribution in [1.82, 2.24) is 10.2 Å². The third-order valence-electron chi connectivity index (χ3n) is 4.65. The van der Waals surface area contributed by atoms with E-state index in [9.17, 15) is 9.59 Å². The minimum atomic E-state index is -0.0568. The summed E-state index contributed by atoms with van der Waals surface area (Å²) in [6.45, 7) is 1.98. The van der Waals surface area contributed by atoms with Crippen molar-refractivity contribution in [2.45, 2.75) is 37.8 Å². The first-order valence-electron chi connectivity index (χ1n) is 7.87. The number of amides is 2. The molecule has 22 heavy (non-hydrogen) atoms. The molecule has 1 aromatic carbocycles. The monoisotopic (exact) mass is 302 g/mol. The van der Waals surface area contributed by atoms with E-state index in [1.54, 1.807) is 0 Å². The number of hydrogen-bond donors (Lipinski definition) is 1. The number of nitrogens with one attached hydrogen (secondary N) is 1. The molecule has 5 heteroatoms. The van der Waals surface area contributed by atoms with Gasteiger partial charge in [0.1, 0.15) is 6.61 Å². The van der Waals surface area contributed by atoms with Gasteiger partial charge in [-0.15, -0.1) is 0 Å². The standard InChI is InChI=1S/C17H22N2O3/c20-15-6-7-17(18-15)8-10-19(11-9-17)16(21)13-22-12-14-4-2-1-3-5-14/h1-5H,6-13H2,(H,18,20). The average molecular weight is 302 g/mol. The molecule has 5 nitrogen and oxygen atoms in total. The fraction of sp³-hybridized carbons (Fsp3) is 0.529. The van der Waals surface area contributed by atoms with Crippen LogP contribution in [0.3, 0.4) is 0 Å². The van der Waals surface area contributed by atoms with Crippen LogP contribution in [0.2, 0.25) is 0 Å². The SMILES string of the molecule is O=C1CCC2(CCN(C(=O)COCc3ccccc3)CC2)N1. The summed E-state index contributed by atoms with van der Waals surface area (Å²) in [5, 5.41) is 3.09. The van der Waals surface area contributed by atoms with Crippen LogP contribution in [0.4, 0.5) is 0 Å². The number of piperidine rings is 1. The van der Waals surface area contributed by atoms with Crippen LogP contribution >= 0.6 is 0 Å². The summed E-state index contributed by atoms with van der Waals surface area (Å²) in [6.07, 6.45) is 3.22. The zero-order chi connectivity index (χ0) is 15.4. The molecule has 1 aromatic rings. The quantitative estimate of drug-likeness (QED) is 0.916. The van der Waals surface area contributed by atoms with Crippen molar-refractivity contribution < 1.29 is 14.3 Å². The lowest BCUT2D eigenvalue weighted by Crippen LogP contribution is -2.52. The molecule has 118 valence electrons. The number of carbonyl (C=O) groups excluding carboxylic acids is 2. The maximum atomic E-state index is 12.2. The Kier molecular flexibility index (Phi) is 4.43. The van der Waals surface area contributed by atoms with Gasteiger partial charge in [0.05, 0.1) is 6.61 Å². The van der Waals surface area contributed by atoms with Gasteiger partial charge in [0.15, 0.2) is 0 Å². The van der Waals surface area contributed by atoms with Gasteiger partial charge in [0.2, 0.25) is 11.8 Å². The number of rotatable bonds is 4. The second-order valence-electron chi connectivity index (χ2n) is 6.19. The highest BCUT2D eigenvalue weighted by atomic mass is 16.5. The third-order valence-corrected chi connectivity index (χ3v) is 4.65. The molecule has 2 heterocycles. The predicted molar refractivity (Wildman–Crippen MR) is 82.0 cm³/mol. The molecule has 2 aliphatic rings. The Hall–Kier alpha value is -1.88. The van der Waals surface area contributed by atoms with Gasteiger partial charge < -0.3 is 15.0 Å². The van der Waals surface area contributed by atoms with E-state index >= 15 is 0 Å². The fourth-order valence-corrected chi connectivity index (χ4v) is 3.25. The lowest BCUT2D eigenvalue weighted by atomic mass is 9.86. The summed E-state index contributed by atoms with van der Waals surface area (Å²) >= 11 is 0. The zero-order valence-electron chi connectivity index (χ0n) is 12.7. The van der Waals surface area contributed by atoms with E-state index in [4.69, 9.17) is 4.74 Å². The number of benzene rings is 1. The molecule has 0 saturated carbocycles. The molecule has 2 amide bonds. The molecule has 2 saturated heterocycles. The maximum Gasteiger partial charge on any atom is 0.248 e. The first-order valence-corrected chi connectivity index (χ1v) is 7.87. The van der Waals surface area contributed by atoms with Crippen molar-refractivity contribution in [1.29, 1.82) is 0 Å². The van der Waals surface area contributed by atoms with E-state index in [-0.39, 0.29) is 24.0 Å². The fourth-order valence-electron chi connectivity index (χ4n) is 3.25. The minimum absolute atomic E-state index is 0.0371. The molecule has 0 unspecified atom stereocenters. The molecule has 0 atom stereocenters. The summed E-state index contributed by atoms with van der Waals surface area (Å²) in [5.74, 6) is 0.182. The van der Waals surface area contributed by atoms with Crippen molar-refractivity contribution in [2.24, 2.45) is 0 Å². The van der Waals surface area contributed by atoms with Gasteiger partial charge in [-0.3, -0.25) is 9.59 Å². The van der Waals surface area contributed by atoms with E-state index in [1.165, 1.54) is 0 Å². The van der Waals surface area contributed by atoms with Gasteiger partial charge in [0.25, 0.3) is 0 Å². The Morgan fingerprint density at radius 1 is 1.18 bits per heavy atom. The van der Waals surface area contributed by atoms with Crippen molar-refractivity contribution >= 4 is 11.8 Å². The second kappa shape index (κ2) is 6.48. The summed E-state index contributed by atoms with van der Waals surface area (Å²) in [6, 6.07) is 9.84. The molecule has 1 spiro atoms. The zero-order valence-corrected chi connectivity index (χ0v) is 12.7. The first kappa shape index (κ1) is 15.0. The van der Waals surface area contributed by atoms with Crippen LogP contribution in [0.15, 0.2) is 30.3 Å². The highest BCUT2D eigenvalue weighted by Gasteiger charge is 2.40. The van der Waals surface area contributed by atoms with E-state index < -0.39 is 0 Å². The van der Waals surface area contributed by atoms with Gasteiger partial charge in [0, 0.05) is 25.0 Å². The van der Waals surface area contributed by atoms with Crippen LogP contribution in [0.1, 0.15) is 31.2 Å². The van der Waals surface area contributed by atoms with E-state index in [1.807, 2.05) is 35.2 Å². The minimum Gasteiger partial charge on any atom is -0.367 e. The Labute approximate surface area is 130 Å². The summed E-state index contributed by atoms with van der Waals surface area (Å²) in [5.41, 5.74) is 1.01. The molecule has 0 aromatic heterocycles. The van der Waals surface area contributed by atoms with Gasteiger partial charge >= 0.3 is 0 Å². The molecule has 0 bridgehead atoms. The summed E-state index contributed by atoms with van der Waals surface area (Å²) < 4.78 is 5.51. The average Bonchev–Trinajstić information content (AvgIpc) is 2.89. The Bertz CT molecular complexity index is 536. The lowest BCUT2D eigenvalue weighted by molar-refractivity contribution is -0.138.